The van der Waals surface area contributed by atoms with E-state index < -0.39 is 10.8 Å². The lowest BCUT2D eigenvalue weighted by Gasteiger charge is -2.33. The Morgan fingerprint density at radius 2 is 0.933 bits per heavy atom. The monoisotopic (exact) mass is 410 g/mol. The highest BCUT2D eigenvalue weighted by atomic mass is 16.3. The van der Waals surface area contributed by atoms with E-state index in [0.29, 0.717) is 24.0 Å². The lowest BCUT2D eigenvalue weighted by atomic mass is 9.69. The van der Waals surface area contributed by atoms with E-state index >= 15 is 0 Å². The van der Waals surface area contributed by atoms with Crippen molar-refractivity contribution < 1.29 is 24.6 Å². The Balaban J connectivity index is 1.95. The third-order valence-electron chi connectivity index (χ3n) is 5.56. The zero-order valence-electron chi connectivity index (χ0n) is 18.1. The van der Waals surface area contributed by atoms with E-state index in [1.807, 2.05) is 27.7 Å². The number of aromatic hydroxyl groups is 2. The predicted octanol–water partition coefficient (Wildman–Crippen LogP) is 5.35. The molecule has 0 heterocycles. The molecule has 0 fully saturated rings. The zero-order valence-corrected chi connectivity index (χ0v) is 18.1. The molecule has 2 aromatic rings. The maximum atomic E-state index is 13.2. The van der Waals surface area contributed by atoms with Crippen molar-refractivity contribution in [3.8, 4) is 11.5 Å². The van der Waals surface area contributed by atoms with Crippen LogP contribution in [-0.2, 0) is 4.79 Å². The molecule has 2 rings (SSSR count). The van der Waals surface area contributed by atoms with E-state index in [1.165, 1.54) is 24.3 Å². The number of hydrogen-bond donors (Lipinski definition) is 2. The molecule has 0 aliphatic rings. The van der Waals surface area contributed by atoms with Crippen LogP contribution in [0.2, 0.25) is 0 Å². The number of carbonyl (C=O) groups excluding carboxylic acids is 3. The van der Waals surface area contributed by atoms with Gasteiger partial charge in [-0.05, 0) is 61.4 Å². The first-order chi connectivity index (χ1) is 13.9. The summed E-state index contributed by atoms with van der Waals surface area (Å²) in [4.78, 5) is 38.0. The number of phenolic OH excluding ortho intramolecular Hbond substituents is 2. The molecule has 0 saturated heterocycles. The Bertz CT molecular complexity index is 830. The van der Waals surface area contributed by atoms with Gasteiger partial charge in [-0.1, -0.05) is 27.7 Å². The van der Waals surface area contributed by atoms with Gasteiger partial charge in [0.25, 0.3) is 0 Å². The van der Waals surface area contributed by atoms with Crippen LogP contribution in [0.4, 0.5) is 0 Å². The van der Waals surface area contributed by atoms with E-state index in [-0.39, 0.29) is 41.7 Å². The van der Waals surface area contributed by atoms with E-state index in [2.05, 4.69) is 0 Å². The molecule has 0 unspecified atom stereocenters. The van der Waals surface area contributed by atoms with Crippen LogP contribution in [0.5, 0.6) is 11.5 Å². The summed E-state index contributed by atoms with van der Waals surface area (Å²) in [5.74, 6) is 0.0794. The number of benzene rings is 2. The molecule has 0 atom stereocenters. The first kappa shape index (κ1) is 23.3. The minimum absolute atomic E-state index is 0.0204. The van der Waals surface area contributed by atoms with Gasteiger partial charge in [-0.25, -0.2) is 0 Å². The van der Waals surface area contributed by atoms with Gasteiger partial charge >= 0.3 is 0 Å². The van der Waals surface area contributed by atoms with Crippen molar-refractivity contribution >= 4 is 17.3 Å². The van der Waals surface area contributed by atoms with Crippen LogP contribution in [0.3, 0.4) is 0 Å². The Kier molecular flexibility index (Phi) is 7.19. The number of ketones is 3. The Morgan fingerprint density at radius 1 is 0.633 bits per heavy atom. The summed E-state index contributed by atoms with van der Waals surface area (Å²) >= 11 is 0. The Morgan fingerprint density at radius 3 is 1.23 bits per heavy atom. The van der Waals surface area contributed by atoms with Crippen LogP contribution < -0.4 is 0 Å². The second-order valence-corrected chi connectivity index (χ2v) is 9.04. The van der Waals surface area contributed by atoms with Gasteiger partial charge < -0.3 is 10.2 Å². The second-order valence-electron chi connectivity index (χ2n) is 9.04. The van der Waals surface area contributed by atoms with Gasteiger partial charge in [0.15, 0.2) is 11.6 Å². The van der Waals surface area contributed by atoms with Crippen molar-refractivity contribution in [3.05, 3.63) is 59.7 Å². The molecule has 0 saturated carbocycles. The largest absolute Gasteiger partial charge is 0.508 e. The average molecular weight is 411 g/mol. The third-order valence-corrected chi connectivity index (χ3v) is 5.56. The number of Topliss-reactive ketones (excluding diaryl/α,β-unsaturated/α-hetero) is 3. The van der Waals surface area contributed by atoms with Gasteiger partial charge in [0.2, 0.25) is 0 Å². The molecular weight excluding hydrogens is 380 g/mol. The molecule has 5 heteroatoms. The third kappa shape index (κ3) is 6.02. The zero-order chi connectivity index (χ0) is 22.5. The number of phenols is 2. The van der Waals surface area contributed by atoms with Gasteiger partial charge in [0.1, 0.15) is 17.3 Å². The number of carbonyl (C=O) groups is 3. The van der Waals surface area contributed by atoms with Crippen LogP contribution in [0.25, 0.3) is 0 Å². The van der Waals surface area contributed by atoms with E-state index in [0.717, 1.165) is 0 Å². The molecule has 0 spiro atoms. The van der Waals surface area contributed by atoms with Gasteiger partial charge in [0.05, 0.1) is 0 Å². The summed E-state index contributed by atoms with van der Waals surface area (Å²) in [7, 11) is 0. The molecule has 0 aromatic heterocycles. The van der Waals surface area contributed by atoms with Crippen molar-refractivity contribution in [2.75, 3.05) is 0 Å². The van der Waals surface area contributed by atoms with E-state index in [4.69, 9.17) is 0 Å². The molecule has 0 bridgehead atoms. The smallest absolute Gasteiger partial charge is 0.162 e. The normalized spacial score (nSPS) is 11.9. The first-order valence-electron chi connectivity index (χ1n) is 10.1. The van der Waals surface area contributed by atoms with Crippen molar-refractivity contribution in [1.29, 1.82) is 0 Å². The van der Waals surface area contributed by atoms with Gasteiger partial charge in [-0.15, -0.1) is 0 Å². The Hall–Kier alpha value is -2.95. The van der Waals surface area contributed by atoms with Gasteiger partial charge in [0, 0.05) is 34.8 Å². The van der Waals surface area contributed by atoms with Crippen molar-refractivity contribution in [2.45, 2.75) is 53.4 Å². The minimum Gasteiger partial charge on any atom is -0.508 e. The second kappa shape index (κ2) is 9.24. The molecule has 0 aliphatic carbocycles. The maximum absolute atomic E-state index is 13.2. The summed E-state index contributed by atoms with van der Waals surface area (Å²) in [5, 5.41) is 18.7. The van der Waals surface area contributed by atoms with Crippen molar-refractivity contribution in [1.82, 2.24) is 0 Å². The molecule has 0 radical (unpaired) electrons. The maximum Gasteiger partial charge on any atom is 0.162 e. The van der Waals surface area contributed by atoms with Crippen LogP contribution in [-0.4, -0.2) is 27.6 Å². The van der Waals surface area contributed by atoms with Gasteiger partial charge in [-0.2, -0.15) is 0 Å². The lowest BCUT2D eigenvalue weighted by molar-refractivity contribution is -0.136. The highest BCUT2D eigenvalue weighted by molar-refractivity contribution is 5.98. The fourth-order valence-electron chi connectivity index (χ4n) is 3.58. The van der Waals surface area contributed by atoms with E-state index in [1.54, 1.807) is 24.3 Å². The Labute approximate surface area is 177 Å². The molecular formula is C25H30O5. The highest BCUT2D eigenvalue weighted by Crippen LogP contribution is 2.37. The van der Waals surface area contributed by atoms with Crippen LogP contribution >= 0.6 is 0 Å². The molecule has 160 valence electrons. The summed E-state index contributed by atoms with van der Waals surface area (Å²) in [6, 6.07) is 12.2. The summed E-state index contributed by atoms with van der Waals surface area (Å²) in [6.07, 6.45) is 1.26. The lowest BCUT2D eigenvalue weighted by Crippen LogP contribution is -2.37. The minimum atomic E-state index is -0.711. The van der Waals surface area contributed by atoms with Crippen molar-refractivity contribution in [3.63, 3.8) is 0 Å². The quantitative estimate of drug-likeness (QED) is 0.516. The molecule has 0 amide bonds. The predicted molar refractivity (Wildman–Crippen MR) is 116 cm³/mol. The molecule has 2 N–H and O–H groups in total. The fourth-order valence-corrected chi connectivity index (χ4v) is 3.58. The van der Waals surface area contributed by atoms with E-state index in [9.17, 15) is 24.6 Å². The summed E-state index contributed by atoms with van der Waals surface area (Å²) < 4.78 is 0. The fraction of sp³-hybridized carbons (Fsp3) is 0.400. The summed E-state index contributed by atoms with van der Waals surface area (Å²) in [6.45, 7) is 7.35. The topological polar surface area (TPSA) is 91.7 Å². The molecule has 2 aromatic carbocycles. The van der Waals surface area contributed by atoms with Crippen LogP contribution in [0.15, 0.2) is 48.5 Å². The number of rotatable bonds is 10. The van der Waals surface area contributed by atoms with Crippen LogP contribution in [0, 0.1) is 10.8 Å². The summed E-state index contributed by atoms with van der Waals surface area (Å²) in [5.41, 5.74) is -0.403. The SMILES string of the molecule is CC(C)(CCC(=O)c1ccc(O)cc1)C(=O)C(C)(C)CCC(=O)c1ccc(O)cc1. The highest BCUT2D eigenvalue weighted by Gasteiger charge is 2.39. The molecule has 5 nitrogen and oxygen atoms in total. The average Bonchev–Trinajstić information content (AvgIpc) is 2.71. The van der Waals surface area contributed by atoms with Crippen LogP contribution in [0.1, 0.15) is 74.1 Å². The number of hydrogen-bond acceptors (Lipinski definition) is 5. The van der Waals surface area contributed by atoms with Gasteiger partial charge in [-0.3, -0.25) is 14.4 Å². The molecule has 0 aliphatic heterocycles. The molecule has 30 heavy (non-hydrogen) atoms. The first-order valence-corrected chi connectivity index (χ1v) is 10.1. The van der Waals surface area contributed by atoms with Crippen molar-refractivity contribution in [2.24, 2.45) is 10.8 Å². The standard InChI is InChI=1S/C25H30O5/c1-24(2,15-13-21(28)17-5-9-19(26)10-6-17)23(30)25(3,4)16-14-22(29)18-7-11-20(27)12-8-18/h5-12,26-27H,13-16H2,1-4H3.